The van der Waals surface area contributed by atoms with Crippen molar-refractivity contribution in [3.8, 4) is 0 Å². The van der Waals surface area contributed by atoms with E-state index in [1.54, 1.807) is 6.08 Å². The van der Waals surface area contributed by atoms with Gasteiger partial charge in [0.25, 0.3) is 0 Å². The Hall–Kier alpha value is -0.850. The monoisotopic (exact) mass is 195 g/mol. The van der Waals surface area contributed by atoms with Crippen molar-refractivity contribution < 1.29 is 0 Å². The molecule has 0 aromatic heterocycles. The van der Waals surface area contributed by atoms with Crippen molar-refractivity contribution in [3.05, 3.63) is 24.3 Å². The molecule has 0 bridgehead atoms. The van der Waals surface area contributed by atoms with E-state index in [0.717, 1.165) is 24.1 Å². The number of nitrogens with one attached hydrogen (secondary N) is 1. The van der Waals surface area contributed by atoms with Crippen LogP contribution in [-0.2, 0) is 0 Å². The lowest BCUT2D eigenvalue weighted by atomic mass is 10.0. The van der Waals surface area contributed by atoms with Crippen LogP contribution in [0.4, 0.5) is 0 Å². The van der Waals surface area contributed by atoms with E-state index in [9.17, 15) is 0 Å². The summed E-state index contributed by atoms with van der Waals surface area (Å²) in [7, 11) is 0. The van der Waals surface area contributed by atoms with Crippen LogP contribution in [-0.4, -0.2) is 5.71 Å². The van der Waals surface area contributed by atoms with Crippen molar-refractivity contribution in [2.45, 2.75) is 53.4 Å². The van der Waals surface area contributed by atoms with Crippen LogP contribution in [0.5, 0.6) is 0 Å². The lowest BCUT2D eigenvalue weighted by Crippen LogP contribution is -1.99. The van der Waals surface area contributed by atoms with Crippen LogP contribution in [0.1, 0.15) is 53.4 Å². The zero-order valence-corrected chi connectivity index (χ0v) is 10.2. The van der Waals surface area contributed by atoms with Gasteiger partial charge in [-0.05, 0) is 24.8 Å². The SMILES string of the molecule is C=C/C=C(/CCCC)C(=N)CC.CC. The molecule has 0 saturated carbocycles. The van der Waals surface area contributed by atoms with Gasteiger partial charge >= 0.3 is 0 Å². The van der Waals surface area contributed by atoms with Crippen molar-refractivity contribution in [2.24, 2.45) is 0 Å². The first kappa shape index (κ1) is 15.6. The van der Waals surface area contributed by atoms with Crippen LogP contribution in [0.3, 0.4) is 0 Å². The van der Waals surface area contributed by atoms with Crippen molar-refractivity contribution in [1.29, 1.82) is 5.41 Å². The topological polar surface area (TPSA) is 23.9 Å². The maximum atomic E-state index is 7.66. The molecule has 0 amide bonds. The van der Waals surface area contributed by atoms with E-state index >= 15 is 0 Å². The van der Waals surface area contributed by atoms with E-state index in [1.165, 1.54) is 12.8 Å². The maximum Gasteiger partial charge on any atom is 0.0343 e. The summed E-state index contributed by atoms with van der Waals surface area (Å²) in [6.07, 6.45) is 7.93. The summed E-state index contributed by atoms with van der Waals surface area (Å²) >= 11 is 0. The predicted octanol–water partition coefficient (Wildman–Crippen LogP) is 4.74. The highest BCUT2D eigenvalue weighted by molar-refractivity contribution is 5.97. The average molecular weight is 195 g/mol. The highest BCUT2D eigenvalue weighted by Gasteiger charge is 2.00. The van der Waals surface area contributed by atoms with Crippen LogP contribution in [0.15, 0.2) is 24.3 Å². The Kier molecular flexibility index (Phi) is 13.6. The van der Waals surface area contributed by atoms with Crippen LogP contribution in [0.25, 0.3) is 0 Å². The van der Waals surface area contributed by atoms with Gasteiger partial charge in [0, 0.05) is 5.71 Å². The molecule has 0 heterocycles. The summed E-state index contributed by atoms with van der Waals surface area (Å²) in [5.41, 5.74) is 1.90. The maximum absolute atomic E-state index is 7.66. The molecule has 1 heteroatoms. The molecule has 1 nitrogen and oxygen atoms in total. The van der Waals surface area contributed by atoms with Crippen LogP contribution in [0.2, 0.25) is 0 Å². The molecule has 0 spiro atoms. The van der Waals surface area contributed by atoms with Gasteiger partial charge in [0.2, 0.25) is 0 Å². The molecule has 0 saturated heterocycles. The molecule has 14 heavy (non-hydrogen) atoms. The molecule has 0 rings (SSSR count). The third-order valence-corrected chi connectivity index (χ3v) is 1.86. The van der Waals surface area contributed by atoms with Gasteiger partial charge in [-0.1, -0.05) is 52.8 Å². The zero-order valence-electron chi connectivity index (χ0n) is 10.2. The third kappa shape index (κ3) is 7.78. The molecule has 1 N–H and O–H groups in total. The van der Waals surface area contributed by atoms with Gasteiger partial charge in [0.1, 0.15) is 0 Å². The fourth-order valence-electron chi connectivity index (χ4n) is 1.07. The van der Waals surface area contributed by atoms with Gasteiger partial charge in [-0.25, -0.2) is 0 Å². The Balaban J connectivity index is 0. The molecule has 0 unspecified atom stereocenters. The molecular weight excluding hydrogens is 170 g/mol. The first-order valence-corrected chi connectivity index (χ1v) is 5.65. The van der Waals surface area contributed by atoms with E-state index in [1.807, 2.05) is 26.8 Å². The minimum atomic E-state index is 0.753. The van der Waals surface area contributed by atoms with Gasteiger partial charge in [-0.3, -0.25) is 0 Å². The first-order chi connectivity index (χ1) is 6.76. The van der Waals surface area contributed by atoms with Gasteiger partial charge in [-0.2, -0.15) is 0 Å². The Bertz CT molecular complexity index is 178. The number of unbranched alkanes of at least 4 members (excludes halogenated alkanes) is 1. The molecule has 0 aromatic carbocycles. The molecule has 0 aliphatic heterocycles. The minimum Gasteiger partial charge on any atom is -0.305 e. The second-order valence-electron chi connectivity index (χ2n) is 2.86. The van der Waals surface area contributed by atoms with Gasteiger partial charge in [0.05, 0.1) is 0 Å². The Morgan fingerprint density at radius 3 is 2.21 bits per heavy atom. The van der Waals surface area contributed by atoms with Crippen molar-refractivity contribution in [1.82, 2.24) is 0 Å². The summed E-state index contributed by atoms with van der Waals surface area (Å²) in [4.78, 5) is 0. The second-order valence-corrected chi connectivity index (χ2v) is 2.86. The molecule has 0 radical (unpaired) electrons. The fraction of sp³-hybridized carbons (Fsp3) is 0.615. The summed E-state index contributed by atoms with van der Waals surface area (Å²) in [5.74, 6) is 0. The van der Waals surface area contributed by atoms with Crippen LogP contribution in [0, 0.1) is 5.41 Å². The molecule has 0 aliphatic rings. The van der Waals surface area contributed by atoms with E-state index < -0.39 is 0 Å². The summed E-state index contributed by atoms with van der Waals surface area (Å²) in [6, 6.07) is 0. The Morgan fingerprint density at radius 1 is 1.29 bits per heavy atom. The summed E-state index contributed by atoms with van der Waals surface area (Å²) in [5, 5.41) is 7.66. The molecule has 82 valence electrons. The molecule has 0 aliphatic carbocycles. The second kappa shape index (κ2) is 12.2. The van der Waals surface area contributed by atoms with Crippen molar-refractivity contribution in [3.63, 3.8) is 0 Å². The Labute approximate surface area is 89.4 Å². The standard InChI is InChI=1S/C11H19N.C2H6/c1-4-7-9-10(8-5-2)11(12)6-3;1-2/h5,8,12H,2,4,6-7,9H2,1,3H3;1-2H3/b10-8-,12-11?;. The van der Waals surface area contributed by atoms with Crippen LogP contribution < -0.4 is 0 Å². The lowest BCUT2D eigenvalue weighted by molar-refractivity contribution is 0.800. The van der Waals surface area contributed by atoms with Crippen molar-refractivity contribution in [2.75, 3.05) is 0 Å². The normalized spacial score (nSPS) is 10.1. The predicted molar refractivity (Wildman–Crippen MR) is 67.2 cm³/mol. The van der Waals surface area contributed by atoms with Gasteiger partial charge in [-0.15, -0.1) is 0 Å². The number of hydrogen-bond acceptors (Lipinski definition) is 1. The molecule has 0 aromatic rings. The number of hydrogen-bond donors (Lipinski definition) is 1. The average Bonchev–Trinajstić information content (AvgIpc) is 2.26. The quantitative estimate of drug-likeness (QED) is 0.467. The van der Waals surface area contributed by atoms with Crippen LogP contribution >= 0.6 is 0 Å². The van der Waals surface area contributed by atoms with Gasteiger partial charge < -0.3 is 5.41 Å². The highest BCUT2D eigenvalue weighted by atomic mass is 14.4. The summed E-state index contributed by atoms with van der Waals surface area (Å²) in [6.45, 7) is 11.8. The molecular formula is C13H25N. The number of rotatable bonds is 6. The van der Waals surface area contributed by atoms with E-state index in [0.29, 0.717) is 0 Å². The highest BCUT2D eigenvalue weighted by Crippen LogP contribution is 2.10. The largest absolute Gasteiger partial charge is 0.305 e. The first-order valence-electron chi connectivity index (χ1n) is 5.65. The Morgan fingerprint density at radius 2 is 1.86 bits per heavy atom. The number of allylic oxidation sites excluding steroid dienone is 3. The minimum absolute atomic E-state index is 0.753. The zero-order chi connectivity index (χ0) is 11.4. The lowest BCUT2D eigenvalue weighted by Gasteiger charge is -2.05. The van der Waals surface area contributed by atoms with E-state index in [-0.39, 0.29) is 0 Å². The summed E-state index contributed by atoms with van der Waals surface area (Å²) < 4.78 is 0. The van der Waals surface area contributed by atoms with E-state index in [4.69, 9.17) is 5.41 Å². The fourth-order valence-corrected chi connectivity index (χ4v) is 1.07. The van der Waals surface area contributed by atoms with E-state index in [2.05, 4.69) is 13.5 Å². The molecule has 0 fully saturated rings. The molecule has 0 atom stereocenters. The smallest absolute Gasteiger partial charge is 0.0343 e. The third-order valence-electron chi connectivity index (χ3n) is 1.86. The van der Waals surface area contributed by atoms with Gasteiger partial charge in [0.15, 0.2) is 0 Å². The van der Waals surface area contributed by atoms with Crippen molar-refractivity contribution >= 4 is 5.71 Å².